The van der Waals surface area contributed by atoms with E-state index in [1.165, 1.54) is 7.11 Å². The van der Waals surface area contributed by atoms with E-state index >= 15 is 0 Å². The predicted octanol–water partition coefficient (Wildman–Crippen LogP) is 2.58. The molecule has 0 aliphatic heterocycles. The van der Waals surface area contributed by atoms with E-state index in [0.29, 0.717) is 6.42 Å². The molecular formula is C13H18O3. The molecule has 0 fully saturated rings. The monoisotopic (exact) mass is 222 g/mol. The maximum absolute atomic E-state index is 11.0. The summed E-state index contributed by atoms with van der Waals surface area (Å²) in [6, 6.07) is 7.48. The van der Waals surface area contributed by atoms with Crippen molar-refractivity contribution in [3.05, 3.63) is 29.8 Å². The van der Waals surface area contributed by atoms with Gasteiger partial charge in [-0.1, -0.05) is 12.1 Å². The maximum Gasteiger partial charge on any atom is 0.309 e. The molecule has 0 amide bonds. The Hall–Kier alpha value is -1.51. The molecule has 3 nitrogen and oxygen atoms in total. The Labute approximate surface area is 96.4 Å². The Morgan fingerprint density at radius 3 is 2.19 bits per heavy atom. The number of carbonyl (C=O) groups excluding carboxylic acids is 1. The van der Waals surface area contributed by atoms with Crippen molar-refractivity contribution in [2.75, 3.05) is 7.11 Å². The van der Waals surface area contributed by atoms with Crippen LogP contribution in [-0.4, -0.2) is 18.7 Å². The van der Waals surface area contributed by atoms with Gasteiger partial charge in [0, 0.05) is 0 Å². The summed E-state index contributed by atoms with van der Waals surface area (Å²) in [6.45, 7) is 5.99. The van der Waals surface area contributed by atoms with E-state index < -0.39 is 0 Å². The molecule has 0 aliphatic rings. The van der Waals surface area contributed by atoms with E-state index in [0.717, 1.165) is 11.3 Å². The van der Waals surface area contributed by atoms with E-state index in [4.69, 9.17) is 4.74 Å². The fourth-order valence-corrected chi connectivity index (χ4v) is 1.27. The third-order valence-electron chi connectivity index (χ3n) is 1.92. The van der Waals surface area contributed by atoms with Crippen LogP contribution in [0.5, 0.6) is 5.75 Å². The molecule has 3 heteroatoms. The van der Waals surface area contributed by atoms with Gasteiger partial charge in [-0.05, 0) is 38.5 Å². The zero-order valence-corrected chi connectivity index (χ0v) is 10.2. The minimum atomic E-state index is -0.232. The van der Waals surface area contributed by atoms with E-state index in [1.807, 2.05) is 45.0 Å². The van der Waals surface area contributed by atoms with Crippen molar-refractivity contribution in [2.45, 2.75) is 32.8 Å². The first-order chi connectivity index (χ1) is 7.40. The average Bonchev–Trinajstić information content (AvgIpc) is 2.18. The second-order valence-corrected chi connectivity index (χ2v) is 4.61. The fourth-order valence-electron chi connectivity index (χ4n) is 1.27. The van der Waals surface area contributed by atoms with Crippen LogP contribution in [0, 0.1) is 0 Å². The lowest BCUT2D eigenvalue weighted by Crippen LogP contribution is -2.22. The van der Waals surface area contributed by atoms with Gasteiger partial charge in [-0.25, -0.2) is 0 Å². The van der Waals surface area contributed by atoms with Crippen LogP contribution in [0.3, 0.4) is 0 Å². The Balaban J connectivity index is 2.64. The fraction of sp³-hybridized carbons (Fsp3) is 0.462. The highest BCUT2D eigenvalue weighted by molar-refractivity contribution is 5.72. The first kappa shape index (κ1) is 12.6. The summed E-state index contributed by atoms with van der Waals surface area (Å²) in [5.74, 6) is 0.575. The number of benzene rings is 1. The zero-order valence-electron chi connectivity index (χ0n) is 10.2. The van der Waals surface area contributed by atoms with Crippen LogP contribution < -0.4 is 4.74 Å². The van der Waals surface area contributed by atoms with Crippen LogP contribution in [0.15, 0.2) is 24.3 Å². The number of esters is 1. The third-order valence-corrected chi connectivity index (χ3v) is 1.92. The molecule has 1 aromatic carbocycles. The molecule has 88 valence electrons. The van der Waals surface area contributed by atoms with E-state index in [9.17, 15) is 4.79 Å². The molecule has 0 spiro atoms. The molecule has 0 unspecified atom stereocenters. The summed E-state index contributed by atoms with van der Waals surface area (Å²) in [4.78, 5) is 11.0. The standard InChI is InChI=1S/C13H18O3/c1-13(2,3)16-11-7-5-10(6-8-11)9-12(14)15-4/h5-8H,9H2,1-4H3. The van der Waals surface area contributed by atoms with Crippen molar-refractivity contribution < 1.29 is 14.3 Å². The predicted molar refractivity (Wildman–Crippen MR) is 62.5 cm³/mol. The lowest BCUT2D eigenvalue weighted by Gasteiger charge is -2.21. The van der Waals surface area contributed by atoms with E-state index in [1.54, 1.807) is 0 Å². The van der Waals surface area contributed by atoms with Gasteiger partial charge in [0.2, 0.25) is 0 Å². The van der Waals surface area contributed by atoms with Gasteiger partial charge in [-0.3, -0.25) is 4.79 Å². The first-order valence-corrected chi connectivity index (χ1v) is 5.25. The number of methoxy groups -OCH3 is 1. The van der Waals surface area contributed by atoms with Gasteiger partial charge in [0.25, 0.3) is 0 Å². The van der Waals surface area contributed by atoms with Crippen molar-refractivity contribution in [3.63, 3.8) is 0 Å². The van der Waals surface area contributed by atoms with Crippen LogP contribution in [0.2, 0.25) is 0 Å². The van der Waals surface area contributed by atoms with Crippen molar-refractivity contribution in [3.8, 4) is 5.75 Å². The van der Waals surface area contributed by atoms with Crippen molar-refractivity contribution in [2.24, 2.45) is 0 Å². The Morgan fingerprint density at radius 1 is 1.19 bits per heavy atom. The normalized spacial score (nSPS) is 11.0. The second-order valence-electron chi connectivity index (χ2n) is 4.61. The maximum atomic E-state index is 11.0. The second kappa shape index (κ2) is 5.01. The molecule has 16 heavy (non-hydrogen) atoms. The molecule has 0 saturated heterocycles. The molecule has 0 aromatic heterocycles. The van der Waals surface area contributed by atoms with Gasteiger partial charge in [0.15, 0.2) is 0 Å². The first-order valence-electron chi connectivity index (χ1n) is 5.25. The van der Waals surface area contributed by atoms with Gasteiger partial charge in [-0.15, -0.1) is 0 Å². The molecule has 0 bridgehead atoms. The Bertz CT molecular complexity index is 346. The Kier molecular flexibility index (Phi) is 3.93. The number of hydrogen-bond donors (Lipinski definition) is 0. The van der Waals surface area contributed by atoms with Gasteiger partial charge in [0.1, 0.15) is 11.4 Å². The lowest BCUT2D eigenvalue weighted by molar-refractivity contribution is -0.139. The van der Waals surface area contributed by atoms with Crippen LogP contribution in [0.25, 0.3) is 0 Å². The summed E-state index contributed by atoms with van der Waals surface area (Å²) >= 11 is 0. The SMILES string of the molecule is COC(=O)Cc1ccc(OC(C)(C)C)cc1. The molecule has 1 aromatic rings. The molecule has 1 rings (SSSR count). The smallest absolute Gasteiger partial charge is 0.309 e. The molecule has 0 saturated carbocycles. The highest BCUT2D eigenvalue weighted by atomic mass is 16.5. The molecule has 0 heterocycles. The van der Waals surface area contributed by atoms with Crippen molar-refractivity contribution >= 4 is 5.97 Å². The van der Waals surface area contributed by atoms with Crippen LogP contribution >= 0.6 is 0 Å². The minimum absolute atomic E-state index is 0.204. The molecule has 0 N–H and O–H groups in total. The summed E-state index contributed by atoms with van der Waals surface area (Å²) in [5, 5.41) is 0. The van der Waals surface area contributed by atoms with Gasteiger partial charge in [-0.2, -0.15) is 0 Å². The van der Waals surface area contributed by atoms with Gasteiger partial charge in [0.05, 0.1) is 13.5 Å². The zero-order chi connectivity index (χ0) is 12.2. The number of ether oxygens (including phenoxy) is 2. The van der Waals surface area contributed by atoms with Crippen molar-refractivity contribution in [1.29, 1.82) is 0 Å². The Morgan fingerprint density at radius 2 is 1.75 bits per heavy atom. The summed E-state index contributed by atoms with van der Waals surface area (Å²) in [7, 11) is 1.39. The lowest BCUT2D eigenvalue weighted by atomic mass is 10.1. The summed E-state index contributed by atoms with van der Waals surface area (Å²) < 4.78 is 10.3. The minimum Gasteiger partial charge on any atom is -0.488 e. The van der Waals surface area contributed by atoms with Crippen LogP contribution in [-0.2, 0) is 16.0 Å². The van der Waals surface area contributed by atoms with E-state index in [2.05, 4.69) is 4.74 Å². The van der Waals surface area contributed by atoms with Crippen LogP contribution in [0.4, 0.5) is 0 Å². The number of carbonyl (C=O) groups is 1. The number of rotatable bonds is 3. The topological polar surface area (TPSA) is 35.5 Å². The summed E-state index contributed by atoms with van der Waals surface area (Å²) in [5.41, 5.74) is 0.720. The van der Waals surface area contributed by atoms with Gasteiger partial charge < -0.3 is 9.47 Å². The highest BCUT2D eigenvalue weighted by Gasteiger charge is 2.11. The quantitative estimate of drug-likeness (QED) is 0.737. The van der Waals surface area contributed by atoms with Gasteiger partial charge >= 0.3 is 5.97 Å². The van der Waals surface area contributed by atoms with E-state index in [-0.39, 0.29) is 11.6 Å². The molecule has 0 radical (unpaired) electrons. The molecular weight excluding hydrogens is 204 g/mol. The third kappa shape index (κ3) is 4.34. The molecule has 0 aliphatic carbocycles. The summed E-state index contributed by atoms with van der Waals surface area (Å²) in [6.07, 6.45) is 0.298. The average molecular weight is 222 g/mol. The van der Waals surface area contributed by atoms with Crippen LogP contribution in [0.1, 0.15) is 26.3 Å². The van der Waals surface area contributed by atoms with Crippen molar-refractivity contribution in [1.82, 2.24) is 0 Å². The molecule has 0 atom stereocenters. The highest BCUT2D eigenvalue weighted by Crippen LogP contribution is 2.18. The number of hydrogen-bond acceptors (Lipinski definition) is 3. The largest absolute Gasteiger partial charge is 0.488 e.